The Hall–Kier alpha value is -2.63. The fourth-order valence-electron chi connectivity index (χ4n) is 1.38. The van der Waals surface area contributed by atoms with E-state index in [1.165, 1.54) is 0 Å². The van der Waals surface area contributed by atoms with E-state index in [1.54, 1.807) is 31.2 Å². The molecule has 0 spiro atoms. The van der Waals surface area contributed by atoms with Crippen LogP contribution in [0, 0.1) is 0 Å². The molecule has 0 aliphatic heterocycles. The number of hydrogen-bond acceptors (Lipinski definition) is 5. The first-order valence-corrected chi connectivity index (χ1v) is 6.48. The minimum atomic E-state index is -0.669. The zero-order valence-electron chi connectivity index (χ0n) is 11.7. The molecule has 0 saturated carbocycles. The van der Waals surface area contributed by atoms with Crippen LogP contribution in [0.15, 0.2) is 42.5 Å². The molecule has 0 aliphatic rings. The maximum atomic E-state index is 11.6. The highest BCUT2D eigenvalue weighted by Crippen LogP contribution is 1.97. The standard InChI is InChI=1S/C15H17NO5/c1-2-20-13(17)8-9-14(18)21-11-10-16-15(19)12-6-4-3-5-7-12/h3-9H,2,10-11H2,1H3,(H,16,19)/b9-8+. The third-order valence-corrected chi connectivity index (χ3v) is 2.31. The smallest absolute Gasteiger partial charge is 0.331 e. The molecule has 21 heavy (non-hydrogen) atoms. The number of ether oxygens (including phenoxy) is 2. The largest absolute Gasteiger partial charge is 0.463 e. The van der Waals surface area contributed by atoms with Crippen molar-refractivity contribution in [3.05, 3.63) is 48.0 Å². The van der Waals surface area contributed by atoms with E-state index in [-0.39, 0.29) is 25.7 Å². The summed E-state index contributed by atoms with van der Waals surface area (Å²) >= 11 is 0. The summed E-state index contributed by atoms with van der Waals surface area (Å²) in [6.45, 7) is 2.11. The Kier molecular flexibility index (Phi) is 7.28. The van der Waals surface area contributed by atoms with E-state index in [0.29, 0.717) is 5.56 Å². The normalized spacial score (nSPS) is 10.1. The highest BCUT2D eigenvalue weighted by molar-refractivity contribution is 5.94. The van der Waals surface area contributed by atoms with Gasteiger partial charge in [-0.2, -0.15) is 0 Å². The number of carbonyl (C=O) groups is 3. The average Bonchev–Trinajstić information content (AvgIpc) is 2.50. The van der Waals surface area contributed by atoms with Gasteiger partial charge < -0.3 is 14.8 Å². The van der Waals surface area contributed by atoms with Gasteiger partial charge in [-0.05, 0) is 19.1 Å². The Morgan fingerprint density at radius 3 is 2.29 bits per heavy atom. The van der Waals surface area contributed by atoms with Crippen molar-refractivity contribution in [2.45, 2.75) is 6.92 Å². The van der Waals surface area contributed by atoms with Crippen molar-refractivity contribution < 1.29 is 23.9 Å². The van der Waals surface area contributed by atoms with Crippen LogP contribution in [-0.2, 0) is 19.1 Å². The summed E-state index contributed by atoms with van der Waals surface area (Å²) in [6, 6.07) is 8.70. The van der Waals surface area contributed by atoms with Gasteiger partial charge in [0.15, 0.2) is 0 Å². The number of rotatable bonds is 7. The summed E-state index contributed by atoms with van der Waals surface area (Å²) in [5.41, 5.74) is 0.533. The molecule has 1 aromatic rings. The van der Waals surface area contributed by atoms with E-state index >= 15 is 0 Å². The fraction of sp³-hybridized carbons (Fsp3) is 0.267. The summed E-state index contributed by atoms with van der Waals surface area (Å²) in [5, 5.41) is 2.61. The molecule has 6 nitrogen and oxygen atoms in total. The van der Waals surface area contributed by atoms with Gasteiger partial charge in [0.25, 0.3) is 5.91 Å². The van der Waals surface area contributed by atoms with Gasteiger partial charge in [0.1, 0.15) is 6.61 Å². The van der Waals surface area contributed by atoms with Crippen LogP contribution >= 0.6 is 0 Å². The number of amides is 1. The first-order valence-electron chi connectivity index (χ1n) is 6.48. The highest BCUT2D eigenvalue weighted by atomic mass is 16.5. The minimum absolute atomic E-state index is 0.0184. The Balaban J connectivity index is 2.21. The third-order valence-electron chi connectivity index (χ3n) is 2.31. The maximum Gasteiger partial charge on any atom is 0.331 e. The lowest BCUT2D eigenvalue weighted by molar-refractivity contribution is -0.140. The van der Waals surface area contributed by atoms with Crippen molar-refractivity contribution >= 4 is 17.8 Å². The maximum absolute atomic E-state index is 11.6. The zero-order chi connectivity index (χ0) is 15.5. The van der Waals surface area contributed by atoms with E-state index in [1.807, 2.05) is 6.07 Å². The van der Waals surface area contributed by atoms with E-state index < -0.39 is 11.9 Å². The molecule has 1 aromatic carbocycles. The summed E-state index contributed by atoms with van der Waals surface area (Å²) in [7, 11) is 0. The number of carbonyl (C=O) groups excluding carboxylic acids is 3. The van der Waals surface area contributed by atoms with Crippen LogP contribution in [0.5, 0.6) is 0 Å². The van der Waals surface area contributed by atoms with E-state index in [4.69, 9.17) is 4.74 Å². The van der Waals surface area contributed by atoms with Gasteiger partial charge in [-0.3, -0.25) is 4.79 Å². The van der Waals surface area contributed by atoms with Gasteiger partial charge in [-0.15, -0.1) is 0 Å². The molecule has 0 heterocycles. The molecule has 1 amide bonds. The molecular formula is C15H17NO5. The lowest BCUT2D eigenvalue weighted by Gasteiger charge is -2.05. The van der Waals surface area contributed by atoms with Crippen LogP contribution in [0.1, 0.15) is 17.3 Å². The molecule has 6 heteroatoms. The lowest BCUT2D eigenvalue weighted by atomic mass is 10.2. The molecule has 0 radical (unpaired) electrons. The first kappa shape index (κ1) is 16.4. The van der Waals surface area contributed by atoms with Gasteiger partial charge >= 0.3 is 11.9 Å². The Morgan fingerprint density at radius 1 is 1.05 bits per heavy atom. The number of esters is 2. The molecule has 0 aromatic heterocycles. The van der Waals surface area contributed by atoms with Crippen LogP contribution in [0.2, 0.25) is 0 Å². The Morgan fingerprint density at radius 2 is 1.67 bits per heavy atom. The van der Waals surface area contributed by atoms with Crippen LogP contribution in [0.25, 0.3) is 0 Å². The van der Waals surface area contributed by atoms with Crippen molar-refractivity contribution in [3.63, 3.8) is 0 Å². The van der Waals surface area contributed by atoms with E-state index in [0.717, 1.165) is 12.2 Å². The molecule has 0 aliphatic carbocycles. The second-order valence-electron chi connectivity index (χ2n) is 3.87. The van der Waals surface area contributed by atoms with Crippen molar-refractivity contribution in [1.82, 2.24) is 5.32 Å². The summed E-state index contributed by atoms with van der Waals surface area (Å²) in [4.78, 5) is 33.8. The summed E-state index contributed by atoms with van der Waals surface area (Å²) < 4.78 is 9.42. The molecule has 0 saturated heterocycles. The topological polar surface area (TPSA) is 81.7 Å². The van der Waals surface area contributed by atoms with Gasteiger partial charge in [0, 0.05) is 17.7 Å². The summed E-state index contributed by atoms with van der Waals surface area (Å²) in [6.07, 6.45) is 1.98. The number of benzene rings is 1. The van der Waals surface area contributed by atoms with E-state index in [9.17, 15) is 14.4 Å². The fourth-order valence-corrected chi connectivity index (χ4v) is 1.38. The molecule has 112 valence electrons. The van der Waals surface area contributed by atoms with Crippen molar-refractivity contribution in [3.8, 4) is 0 Å². The molecule has 0 atom stereocenters. The first-order chi connectivity index (χ1) is 10.1. The predicted octanol–water partition coefficient (Wildman–Crippen LogP) is 1.08. The monoisotopic (exact) mass is 291 g/mol. The quantitative estimate of drug-likeness (QED) is 0.462. The molecule has 1 rings (SSSR count). The molecule has 0 bridgehead atoms. The minimum Gasteiger partial charge on any atom is -0.463 e. The second-order valence-corrected chi connectivity index (χ2v) is 3.87. The lowest BCUT2D eigenvalue weighted by Crippen LogP contribution is -2.27. The Bertz CT molecular complexity index is 510. The Labute approximate surface area is 122 Å². The van der Waals surface area contributed by atoms with Gasteiger partial charge in [0.05, 0.1) is 13.2 Å². The number of hydrogen-bond donors (Lipinski definition) is 1. The van der Waals surface area contributed by atoms with Crippen LogP contribution in [0.3, 0.4) is 0 Å². The van der Waals surface area contributed by atoms with Crippen LogP contribution < -0.4 is 5.32 Å². The SMILES string of the molecule is CCOC(=O)/C=C/C(=O)OCCNC(=O)c1ccccc1. The molecule has 0 unspecified atom stereocenters. The molecule has 1 N–H and O–H groups in total. The van der Waals surface area contributed by atoms with Crippen molar-refractivity contribution in [1.29, 1.82) is 0 Å². The average molecular weight is 291 g/mol. The highest BCUT2D eigenvalue weighted by Gasteiger charge is 2.04. The number of nitrogens with one attached hydrogen (secondary N) is 1. The van der Waals surface area contributed by atoms with Crippen molar-refractivity contribution in [2.75, 3.05) is 19.8 Å². The van der Waals surface area contributed by atoms with Crippen LogP contribution in [0.4, 0.5) is 0 Å². The third kappa shape index (κ3) is 6.91. The predicted molar refractivity (Wildman–Crippen MR) is 75.5 cm³/mol. The summed E-state index contributed by atoms with van der Waals surface area (Å²) in [5.74, 6) is -1.52. The molecule has 0 fully saturated rings. The van der Waals surface area contributed by atoms with Gasteiger partial charge in [-0.1, -0.05) is 18.2 Å². The van der Waals surface area contributed by atoms with E-state index in [2.05, 4.69) is 10.1 Å². The van der Waals surface area contributed by atoms with Crippen LogP contribution in [-0.4, -0.2) is 37.6 Å². The van der Waals surface area contributed by atoms with Crippen molar-refractivity contribution in [2.24, 2.45) is 0 Å². The van der Waals surface area contributed by atoms with Gasteiger partial charge in [0.2, 0.25) is 0 Å². The zero-order valence-corrected chi connectivity index (χ0v) is 11.7. The second kappa shape index (κ2) is 9.30. The van der Waals surface area contributed by atoms with Gasteiger partial charge in [-0.25, -0.2) is 9.59 Å². The molecular weight excluding hydrogens is 274 g/mol.